The summed E-state index contributed by atoms with van der Waals surface area (Å²) in [5.74, 6) is 0.836. The summed E-state index contributed by atoms with van der Waals surface area (Å²) < 4.78 is 6.31. The number of nitrogens with one attached hydrogen (secondary N) is 1. The normalized spacial score (nSPS) is 11.7. The Morgan fingerprint density at radius 3 is 2.52 bits per heavy atom. The van der Waals surface area contributed by atoms with Gasteiger partial charge >= 0.3 is 0 Å². The SMILES string of the molecule is CNCC[C@@H](Oc1cncc2ccccc12)c1ccccc1.Cl. The molecule has 1 atom stereocenters. The summed E-state index contributed by atoms with van der Waals surface area (Å²) in [7, 11) is 1.96. The first-order chi connectivity index (χ1) is 10.9. The molecule has 0 saturated heterocycles. The molecular weight excluding hydrogens is 308 g/mol. The molecule has 3 aromatic rings. The van der Waals surface area contributed by atoms with E-state index in [0.29, 0.717) is 0 Å². The lowest BCUT2D eigenvalue weighted by Crippen LogP contribution is -2.16. The van der Waals surface area contributed by atoms with E-state index in [0.717, 1.165) is 29.5 Å². The van der Waals surface area contributed by atoms with Crippen molar-refractivity contribution >= 4 is 23.2 Å². The van der Waals surface area contributed by atoms with Gasteiger partial charge in [0, 0.05) is 23.4 Å². The van der Waals surface area contributed by atoms with Crippen molar-refractivity contribution in [2.24, 2.45) is 0 Å². The van der Waals surface area contributed by atoms with E-state index in [1.165, 1.54) is 5.56 Å². The largest absolute Gasteiger partial charge is 0.483 e. The van der Waals surface area contributed by atoms with Crippen LogP contribution in [0.1, 0.15) is 18.1 Å². The first-order valence-corrected chi connectivity index (χ1v) is 7.57. The van der Waals surface area contributed by atoms with Crippen molar-refractivity contribution in [1.82, 2.24) is 10.3 Å². The Labute approximate surface area is 143 Å². The summed E-state index contributed by atoms with van der Waals surface area (Å²) in [4.78, 5) is 4.30. The predicted octanol–water partition coefficient (Wildman–Crippen LogP) is 4.39. The van der Waals surface area contributed by atoms with Crippen molar-refractivity contribution in [2.75, 3.05) is 13.6 Å². The van der Waals surface area contributed by atoms with E-state index in [1.54, 1.807) is 6.20 Å². The predicted molar refractivity (Wildman–Crippen MR) is 97.3 cm³/mol. The van der Waals surface area contributed by atoms with Crippen molar-refractivity contribution < 1.29 is 4.74 Å². The molecule has 3 nitrogen and oxygen atoms in total. The zero-order chi connectivity index (χ0) is 15.2. The van der Waals surface area contributed by atoms with Gasteiger partial charge in [0.05, 0.1) is 6.20 Å². The lowest BCUT2D eigenvalue weighted by Gasteiger charge is -2.20. The summed E-state index contributed by atoms with van der Waals surface area (Å²) in [5, 5.41) is 5.39. The van der Waals surface area contributed by atoms with Crippen molar-refractivity contribution in [3.8, 4) is 5.75 Å². The number of benzene rings is 2. The third kappa shape index (κ3) is 4.21. The zero-order valence-corrected chi connectivity index (χ0v) is 13.9. The number of halogens is 1. The van der Waals surface area contributed by atoms with E-state index in [9.17, 15) is 0 Å². The van der Waals surface area contributed by atoms with Crippen LogP contribution in [0, 0.1) is 0 Å². The van der Waals surface area contributed by atoms with Gasteiger partial charge in [0.2, 0.25) is 0 Å². The fraction of sp³-hybridized carbons (Fsp3) is 0.211. The van der Waals surface area contributed by atoms with E-state index in [1.807, 2.05) is 43.6 Å². The average molecular weight is 329 g/mol. The molecule has 0 fully saturated rings. The first-order valence-electron chi connectivity index (χ1n) is 7.57. The quantitative estimate of drug-likeness (QED) is 0.729. The molecule has 0 aliphatic heterocycles. The highest BCUT2D eigenvalue weighted by Crippen LogP contribution is 2.30. The van der Waals surface area contributed by atoms with Gasteiger partial charge in [-0.2, -0.15) is 0 Å². The fourth-order valence-electron chi connectivity index (χ4n) is 2.57. The van der Waals surface area contributed by atoms with Gasteiger partial charge in [-0.05, 0) is 19.2 Å². The van der Waals surface area contributed by atoms with Gasteiger partial charge in [-0.15, -0.1) is 12.4 Å². The summed E-state index contributed by atoms with van der Waals surface area (Å²) in [6.07, 6.45) is 4.59. The van der Waals surface area contributed by atoms with Crippen molar-refractivity contribution in [1.29, 1.82) is 0 Å². The van der Waals surface area contributed by atoms with Crippen LogP contribution in [0.5, 0.6) is 5.75 Å². The molecule has 0 unspecified atom stereocenters. The fourth-order valence-corrected chi connectivity index (χ4v) is 2.57. The topological polar surface area (TPSA) is 34.1 Å². The Morgan fingerprint density at radius 2 is 1.74 bits per heavy atom. The zero-order valence-electron chi connectivity index (χ0n) is 13.1. The molecular formula is C19H21ClN2O. The van der Waals surface area contributed by atoms with Crippen LogP contribution in [-0.4, -0.2) is 18.6 Å². The minimum absolute atomic E-state index is 0. The number of hydrogen-bond acceptors (Lipinski definition) is 3. The van der Waals surface area contributed by atoms with Gasteiger partial charge in [-0.1, -0.05) is 54.6 Å². The Balaban J connectivity index is 0.00000192. The second kappa shape index (κ2) is 8.51. The van der Waals surface area contributed by atoms with Crippen molar-refractivity contribution in [3.05, 3.63) is 72.6 Å². The Hall–Kier alpha value is -2.10. The maximum absolute atomic E-state index is 6.31. The average Bonchev–Trinajstić information content (AvgIpc) is 2.59. The van der Waals surface area contributed by atoms with Gasteiger partial charge in [0.1, 0.15) is 11.9 Å². The van der Waals surface area contributed by atoms with Crippen LogP contribution in [0.3, 0.4) is 0 Å². The first kappa shape index (κ1) is 17.3. The number of hydrogen-bond donors (Lipinski definition) is 1. The molecule has 3 rings (SSSR count). The summed E-state index contributed by atoms with van der Waals surface area (Å²) >= 11 is 0. The lowest BCUT2D eigenvalue weighted by molar-refractivity contribution is 0.197. The highest BCUT2D eigenvalue weighted by molar-refractivity contribution is 5.87. The van der Waals surface area contributed by atoms with Crippen LogP contribution in [0.4, 0.5) is 0 Å². The van der Waals surface area contributed by atoms with Gasteiger partial charge in [0.25, 0.3) is 0 Å². The second-order valence-corrected chi connectivity index (χ2v) is 5.27. The molecule has 0 aliphatic rings. The number of pyridine rings is 1. The summed E-state index contributed by atoms with van der Waals surface area (Å²) in [6.45, 7) is 0.901. The van der Waals surface area contributed by atoms with Gasteiger partial charge in [0.15, 0.2) is 0 Å². The van der Waals surface area contributed by atoms with E-state index in [4.69, 9.17) is 4.74 Å². The molecule has 4 heteroatoms. The van der Waals surface area contributed by atoms with E-state index >= 15 is 0 Å². The lowest BCUT2D eigenvalue weighted by atomic mass is 10.1. The monoisotopic (exact) mass is 328 g/mol. The molecule has 0 radical (unpaired) electrons. The smallest absolute Gasteiger partial charge is 0.146 e. The van der Waals surface area contributed by atoms with Crippen LogP contribution < -0.4 is 10.1 Å². The molecule has 23 heavy (non-hydrogen) atoms. The van der Waals surface area contributed by atoms with Gasteiger partial charge in [-0.3, -0.25) is 4.98 Å². The Bertz CT molecular complexity index is 728. The van der Waals surface area contributed by atoms with Crippen molar-refractivity contribution in [3.63, 3.8) is 0 Å². The van der Waals surface area contributed by atoms with Crippen LogP contribution >= 0.6 is 12.4 Å². The van der Waals surface area contributed by atoms with Gasteiger partial charge < -0.3 is 10.1 Å². The minimum Gasteiger partial charge on any atom is -0.483 e. The number of ether oxygens (including phenoxy) is 1. The molecule has 1 heterocycles. The summed E-state index contributed by atoms with van der Waals surface area (Å²) in [6, 6.07) is 18.5. The van der Waals surface area contributed by atoms with E-state index in [-0.39, 0.29) is 18.5 Å². The second-order valence-electron chi connectivity index (χ2n) is 5.27. The standard InChI is InChI=1S/C19H20N2O.ClH/c1-20-12-11-18(15-7-3-2-4-8-15)22-19-14-21-13-16-9-5-6-10-17(16)19;/h2-10,13-14,18,20H,11-12H2,1H3;1H/t18-;/m1./s1. The number of nitrogens with zero attached hydrogens (tertiary/aromatic N) is 1. The molecule has 2 aromatic carbocycles. The Morgan fingerprint density at radius 1 is 1.00 bits per heavy atom. The maximum Gasteiger partial charge on any atom is 0.146 e. The van der Waals surface area contributed by atoms with Gasteiger partial charge in [-0.25, -0.2) is 0 Å². The highest BCUT2D eigenvalue weighted by Gasteiger charge is 2.14. The molecule has 0 spiro atoms. The van der Waals surface area contributed by atoms with Crippen LogP contribution in [0.25, 0.3) is 10.8 Å². The highest BCUT2D eigenvalue weighted by atomic mass is 35.5. The Kier molecular flexibility index (Phi) is 6.39. The molecule has 1 aromatic heterocycles. The maximum atomic E-state index is 6.31. The number of aromatic nitrogens is 1. The molecule has 1 N–H and O–H groups in total. The minimum atomic E-state index is 0. The molecule has 0 amide bonds. The van der Waals surface area contributed by atoms with E-state index in [2.05, 4.69) is 34.6 Å². The molecule has 120 valence electrons. The van der Waals surface area contributed by atoms with E-state index < -0.39 is 0 Å². The molecule has 0 bridgehead atoms. The van der Waals surface area contributed by atoms with Crippen LogP contribution in [0.15, 0.2) is 67.0 Å². The number of rotatable bonds is 6. The summed E-state index contributed by atoms with van der Waals surface area (Å²) in [5.41, 5.74) is 1.19. The van der Waals surface area contributed by atoms with Crippen molar-refractivity contribution in [2.45, 2.75) is 12.5 Å². The third-order valence-corrected chi connectivity index (χ3v) is 3.73. The molecule has 0 saturated carbocycles. The third-order valence-electron chi connectivity index (χ3n) is 3.73. The number of fused-ring (bicyclic) bond motifs is 1. The van der Waals surface area contributed by atoms with Crippen LogP contribution in [0.2, 0.25) is 0 Å². The molecule has 0 aliphatic carbocycles. The van der Waals surface area contributed by atoms with Crippen LogP contribution in [-0.2, 0) is 0 Å².